The lowest BCUT2D eigenvalue weighted by atomic mass is 10.1. The van der Waals surface area contributed by atoms with Crippen LogP contribution < -0.4 is 15.2 Å². The molecular formula is C11H15NO6S. The van der Waals surface area contributed by atoms with E-state index >= 15 is 0 Å². The molecule has 0 saturated heterocycles. The molecule has 0 bridgehead atoms. The van der Waals surface area contributed by atoms with Crippen LogP contribution in [0.2, 0.25) is 0 Å². The smallest absolute Gasteiger partial charge is 0.325 e. The Morgan fingerprint density at radius 1 is 1.26 bits per heavy atom. The molecule has 1 atom stereocenters. The molecule has 8 heteroatoms. The lowest BCUT2D eigenvalue weighted by Gasteiger charge is -2.16. The Balaban J connectivity index is 3.63. The normalized spacial score (nSPS) is 12.8. The first-order chi connectivity index (χ1) is 8.72. The van der Waals surface area contributed by atoms with Crippen molar-refractivity contribution in [2.75, 3.05) is 20.5 Å². The highest BCUT2D eigenvalue weighted by atomic mass is 32.2. The van der Waals surface area contributed by atoms with E-state index in [2.05, 4.69) is 0 Å². The van der Waals surface area contributed by atoms with Gasteiger partial charge in [0, 0.05) is 17.9 Å². The Bertz CT molecular complexity index is 595. The summed E-state index contributed by atoms with van der Waals surface area (Å²) in [5.74, 6) is -0.942. The molecule has 0 spiro atoms. The molecule has 1 aromatic rings. The Labute approximate surface area is 110 Å². The molecule has 0 aliphatic heterocycles. The van der Waals surface area contributed by atoms with Gasteiger partial charge in [-0.25, -0.2) is 8.42 Å². The predicted molar refractivity (Wildman–Crippen MR) is 67.2 cm³/mol. The highest BCUT2D eigenvalue weighted by Crippen LogP contribution is 2.35. The van der Waals surface area contributed by atoms with Crippen molar-refractivity contribution in [2.45, 2.75) is 10.9 Å². The van der Waals surface area contributed by atoms with E-state index in [1.807, 2.05) is 0 Å². The number of benzene rings is 1. The minimum atomic E-state index is -3.65. The molecule has 0 amide bonds. The van der Waals surface area contributed by atoms with Gasteiger partial charge in [0.1, 0.15) is 6.04 Å². The lowest BCUT2D eigenvalue weighted by molar-refractivity contribution is -0.138. The van der Waals surface area contributed by atoms with Gasteiger partial charge in [-0.1, -0.05) is 0 Å². The number of carboxylic acids is 1. The average molecular weight is 289 g/mol. The van der Waals surface area contributed by atoms with Crippen LogP contribution in [-0.4, -0.2) is 40.0 Å². The molecule has 0 aliphatic rings. The van der Waals surface area contributed by atoms with Crippen LogP contribution in [0.5, 0.6) is 11.5 Å². The van der Waals surface area contributed by atoms with E-state index in [0.717, 1.165) is 6.26 Å². The molecule has 0 saturated carbocycles. The Morgan fingerprint density at radius 2 is 1.74 bits per heavy atom. The number of carbonyl (C=O) groups is 1. The van der Waals surface area contributed by atoms with Crippen molar-refractivity contribution in [3.63, 3.8) is 0 Å². The topological polar surface area (TPSA) is 116 Å². The third-order valence-corrected chi connectivity index (χ3v) is 3.67. The van der Waals surface area contributed by atoms with E-state index in [4.69, 9.17) is 20.3 Å². The molecule has 1 rings (SSSR count). The Kier molecular flexibility index (Phi) is 4.38. The zero-order valence-electron chi connectivity index (χ0n) is 10.7. The summed E-state index contributed by atoms with van der Waals surface area (Å²) in [7, 11) is -0.945. The van der Waals surface area contributed by atoms with Crippen molar-refractivity contribution in [1.82, 2.24) is 0 Å². The summed E-state index contributed by atoms with van der Waals surface area (Å²) in [5, 5.41) is 8.92. The number of hydrogen-bond acceptors (Lipinski definition) is 6. The predicted octanol–water partition coefficient (Wildman–Crippen LogP) is 0.192. The van der Waals surface area contributed by atoms with E-state index in [1.165, 1.54) is 26.4 Å². The van der Waals surface area contributed by atoms with E-state index in [9.17, 15) is 13.2 Å². The van der Waals surface area contributed by atoms with Crippen LogP contribution in [0.1, 0.15) is 11.6 Å². The summed E-state index contributed by atoms with van der Waals surface area (Å²) < 4.78 is 33.4. The van der Waals surface area contributed by atoms with E-state index < -0.39 is 21.8 Å². The maximum Gasteiger partial charge on any atom is 0.325 e. The first-order valence-corrected chi connectivity index (χ1v) is 7.05. The molecule has 106 valence electrons. The largest absolute Gasteiger partial charge is 0.493 e. The number of rotatable bonds is 5. The number of ether oxygens (including phenoxy) is 2. The van der Waals surface area contributed by atoms with Gasteiger partial charge in [0.15, 0.2) is 21.3 Å². The fraction of sp³-hybridized carbons (Fsp3) is 0.364. The molecule has 19 heavy (non-hydrogen) atoms. The number of hydrogen-bond donors (Lipinski definition) is 2. The molecule has 0 aromatic heterocycles. The maximum absolute atomic E-state index is 11.7. The van der Waals surface area contributed by atoms with Crippen molar-refractivity contribution >= 4 is 15.8 Å². The fourth-order valence-corrected chi connectivity index (χ4v) is 2.51. The minimum Gasteiger partial charge on any atom is -0.493 e. The first-order valence-electron chi connectivity index (χ1n) is 5.16. The molecule has 0 radical (unpaired) electrons. The highest BCUT2D eigenvalue weighted by Gasteiger charge is 2.25. The standard InChI is InChI=1S/C11H15NO6S/c1-17-7-4-6(10(12)11(13)14)9(19(3,15)16)5-8(7)18-2/h4-5,10H,12H2,1-3H3,(H,13,14). The van der Waals surface area contributed by atoms with Gasteiger partial charge in [0.05, 0.1) is 19.1 Å². The van der Waals surface area contributed by atoms with Crippen LogP contribution in [0.25, 0.3) is 0 Å². The maximum atomic E-state index is 11.7. The van der Waals surface area contributed by atoms with Gasteiger partial charge in [-0.05, 0) is 6.07 Å². The number of methoxy groups -OCH3 is 2. The van der Waals surface area contributed by atoms with Crippen molar-refractivity contribution in [3.8, 4) is 11.5 Å². The summed E-state index contributed by atoms with van der Waals surface area (Å²) in [4.78, 5) is 10.7. The van der Waals surface area contributed by atoms with Crippen molar-refractivity contribution in [2.24, 2.45) is 5.73 Å². The molecule has 0 aliphatic carbocycles. The third-order valence-electron chi connectivity index (χ3n) is 2.52. The van der Waals surface area contributed by atoms with Crippen LogP contribution in [0.3, 0.4) is 0 Å². The Hall–Kier alpha value is -1.80. The second kappa shape index (κ2) is 5.45. The summed E-state index contributed by atoms with van der Waals surface area (Å²) in [6.07, 6.45) is 0.965. The van der Waals surface area contributed by atoms with Gasteiger partial charge in [-0.15, -0.1) is 0 Å². The van der Waals surface area contributed by atoms with Crippen LogP contribution in [-0.2, 0) is 14.6 Å². The number of aliphatic carboxylic acids is 1. The fourth-order valence-electron chi connectivity index (χ4n) is 1.57. The van der Waals surface area contributed by atoms with Crippen LogP contribution in [0.15, 0.2) is 17.0 Å². The SMILES string of the molecule is COc1cc(C(N)C(=O)O)c(S(C)(=O)=O)cc1OC. The molecule has 0 heterocycles. The first kappa shape index (κ1) is 15.3. The van der Waals surface area contributed by atoms with Crippen molar-refractivity contribution in [3.05, 3.63) is 17.7 Å². The zero-order chi connectivity index (χ0) is 14.8. The van der Waals surface area contributed by atoms with Crippen molar-refractivity contribution < 1.29 is 27.8 Å². The molecule has 0 fully saturated rings. The summed E-state index contributed by atoms with van der Waals surface area (Å²) in [6.45, 7) is 0. The van der Waals surface area contributed by atoms with Gasteiger partial charge >= 0.3 is 5.97 Å². The van der Waals surface area contributed by atoms with Gasteiger partial charge in [0.2, 0.25) is 0 Å². The molecule has 7 nitrogen and oxygen atoms in total. The lowest BCUT2D eigenvalue weighted by Crippen LogP contribution is -2.23. The average Bonchev–Trinajstić information content (AvgIpc) is 2.34. The van der Waals surface area contributed by atoms with Gasteiger partial charge in [-0.3, -0.25) is 4.79 Å². The minimum absolute atomic E-state index is 0.0485. The summed E-state index contributed by atoms with van der Waals surface area (Å²) in [6, 6.07) is 0.991. The van der Waals surface area contributed by atoms with Crippen molar-refractivity contribution in [1.29, 1.82) is 0 Å². The summed E-state index contributed by atoms with van der Waals surface area (Å²) >= 11 is 0. The quantitative estimate of drug-likeness (QED) is 0.794. The van der Waals surface area contributed by atoms with Gasteiger partial charge in [0.25, 0.3) is 0 Å². The van der Waals surface area contributed by atoms with Crippen LogP contribution >= 0.6 is 0 Å². The molecule has 1 unspecified atom stereocenters. The second-order valence-corrected chi connectivity index (χ2v) is 5.82. The second-order valence-electron chi connectivity index (χ2n) is 3.83. The Morgan fingerprint density at radius 3 is 2.11 bits per heavy atom. The number of nitrogens with two attached hydrogens (primary N) is 1. The number of sulfone groups is 1. The summed E-state index contributed by atoms with van der Waals surface area (Å²) in [5.41, 5.74) is 5.44. The van der Waals surface area contributed by atoms with E-state index in [1.54, 1.807) is 0 Å². The van der Waals surface area contributed by atoms with E-state index in [0.29, 0.717) is 0 Å². The van der Waals surface area contributed by atoms with Crippen LogP contribution in [0.4, 0.5) is 0 Å². The highest BCUT2D eigenvalue weighted by molar-refractivity contribution is 7.90. The number of carboxylic acid groups (broad SMARTS) is 1. The van der Waals surface area contributed by atoms with E-state index in [-0.39, 0.29) is 22.0 Å². The zero-order valence-corrected chi connectivity index (χ0v) is 11.5. The monoisotopic (exact) mass is 289 g/mol. The van der Waals surface area contributed by atoms with Gasteiger partial charge in [-0.2, -0.15) is 0 Å². The molecule has 3 N–H and O–H groups in total. The third kappa shape index (κ3) is 3.15. The van der Waals surface area contributed by atoms with Gasteiger partial charge < -0.3 is 20.3 Å². The van der Waals surface area contributed by atoms with Crippen LogP contribution in [0, 0.1) is 0 Å². The molecule has 1 aromatic carbocycles. The molecular weight excluding hydrogens is 274 g/mol.